The lowest BCUT2D eigenvalue weighted by Gasteiger charge is -2.39. The number of rotatable bonds is 8. The molecule has 0 atom stereocenters. The van der Waals surface area contributed by atoms with Crippen molar-refractivity contribution < 1.29 is 8.78 Å². The van der Waals surface area contributed by atoms with Gasteiger partial charge in [-0.1, -0.05) is 54.6 Å². The molecule has 1 aromatic heterocycles. The zero-order chi connectivity index (χ0) is 25.6. The van der Waals surface area contributed by atoms with Crippen LogP contribution in [0.25, 0.3) is 0 Å². The predicted octanol–water partition coefficient (Wildman–Crippen LogP) is 4.25. The first-order valence-electron chi connectivity index (χ1n) is 12.3. The number of nitrogens with one attached hydrogen (secondary N) is 1. The molecule has 5 rings (SSSR count). The van der Waals surface area contributed by atoms with Crippen molar-refractivity contribution in [1.29, 1.82) is 0 Å². The van der Waals surface area contributed by atoms with Crippen LogP contribution < -0.4 is 11.1 Å². The quantitative estimate of drug-likeness (QED) is 0.373. The summed E-state index contributed by atoms with van der Waals surface area (Å²) in [6.07, 6.45) is 0. The molecule has 0 radical (unpaired) electrons. The molecule has 3 aromatic carbocycles. The number of piperazine rings is 1. The highest BCUT2D eigenvalue weighted by atomic mass is 19.1. The highest BCUT2D eigenvalue weighted by molar-refractivity contribution is 5.34. The number of halogens is 2. The molecule has 4 aromatic rings. The third kappa shape index (κ3) is 6.44. The Morgan fingerprint density at radius 1 is 0.757 bits per heavy atom. The Hall–Kier alpha value is -3.95. The molecule has 190 valence electrons. The maximum Gasteiger partial charge on any atom is 0.228 e. The number of nitrogen functional groups attached to an aromatic ring is 1. The van der Waals surface area contributed by atoms with Gasteiger partial charge < -0.3 is 11.1 Å². The van der Waals surface area contributed by atoms with E-state index < -0.39 is 0 Å². The summed E-state index contributed by atoms with van der Waals surface area (Å²) in [6, 6.07) is 23.0. The second-order valence-corrected chi connectivity index (χ2v) is 9.09. The molecular formula is C28H29F2N7. The monoisotopic (exact) mass is 501 g/mol. The van der Waals surface area contributed by atoms with Gasteiger partial charge in [-0.15, -0.1) is 0 Å². The second-order valence-electron chi connectivity index (χ2n) is 9.09. The summed E-state index contributed by atoms with van der Waals surface area (Å²) in [5.41, 5.74) is 9.03. The van der Waals surface area contributed by atoms with Crippen LogP contribution in [0.3, 0.4) is 0 Å². The number of nitrogens with zero attached hydrogens (tertiary/aromatic N) is 5. The lowest BCUT2D eigenvalue weighted by molar-refractivity contribution is 0.103. The van der Waals surface area contributed by atoms with E-state index in [1.165, 1.54) is 24.3 Å². The summed E-state index contributed by atoms with van der Waals surface area (Å²) in [5.74, 6) is 0.705. The van der Waals surface area contributed by atoms with E-state index in [1.807, 2.05) is 30.3 Å². The van der Waals surface area contributed by atoms with Crippen LogP contribution in [0, 0.1) is 11.6 Å². The lowest BCUT2D eigenvalue weighted by Crippen LogP contribution is -2.47. The minimum absolute atomic E-state index is 0.0926. The first kappa shape index (κ1) is 24.7. The maximum absolute atomic E-state index is 13.6. The standard InChI is InChI=1S/C28H29F2N7/c29-23-10-6-21(7-11-23)26(22-8-12-24(30)13-9-22)37-16-14-36(15-17-37)19-25-33-27(31)35-28(34-25)32-18-20-4-2-1-3-5-20/h1-13,26H,14-19H2,(H3,31,32,33,34,35). The average molecular weight is 502 g/mol. The van der Waals surface area contributed by atoms with Gasteiger partial charge in [0, 0.05) is 32.7 Å². The molecule has 0 aliphatic carbocycles. The molecule has 0 spiro atoms. The molecule has 9 heteroatoms. The molecule has 3 N–H and O–H groups in total. The van der Waals surface area contributed by atoms with Gasteiger partial charge in [0.2, 0.25) is 11.9 Å². The van der Waals surface area contributed by atoms with Gasteiger partial charge in [-0.05, 0) is 41.0 Å². The molecule has 1 fully saturated rings. The topological polar surface area (TPSA) is 83.2 Å². The third-order valence-corrected chi connectivity index (χ3v) is 6.50. The molecule has 1 saturated heterocycles. The van der Waals surface area contributed by atoms with Crippen molar-refractivity contribution >= 4 is 11.9 Å². The van der Waals surface area contributed by atoms with Crippen LogP contribution in [0.5, 0.6) is 0 Å². The van der Waals surface area contributed by atoms with Crippen LogP contribution in [-0.2, 0) is 13.1 Å². The van der Waals surface area contributed by atoms with Crippen molar-refractivity contribution in [3.05, 3.63) is 113 Å². The van der Waals surface area contributed by atoms with Gasteiger partial charge in [0.05, 0.1) is 12.6 Å². The molecule has 7 nitrogen and oxygen atoms in total. The van der Waals surface area contributed by atoms with Gasteiger partial charge in [0.1, 0.15) is 17.5 Å². The second kappa shape index (κ2) is 11.4. The molecule has 2 heterocycles. The van der Waals surface area contributed by atoms with E-state index in [0.29, 0.717) is 24.9 Å². The molecule has 0 unspecified atom stereocenters. The smallest absolute Gasteiger partial charge is 0.228 e. The fraction of sp³-hybridized carbons (Fsp3) is 0.250. The van der Waals surface area contributed by atoms with Crippen LogP contribution in [0.15, 0.2) is 78.9 Å². The Morgan fingerprint density at radius 3 is 1.95 bits per heavy atom. The number of hydrogen-bond donors (Lipinski definition) is 2. The van der Waals surface area contributed by atoms with Crippen LogP contribution in [0.4, 0.5) is 20.7 Å². The first-order valence-corrected chi connectivity index (χ1v) is 12.3. The van der Waals surface area contributed by atoms with Crippen molar-refractivity contribution in [3.63, 3.8) is 0 Å². The fourth-order valence-corrected chi connectivity index (χ4v) is 4.65. The minimum Gasteiger partial charge on any atom is -0.368 e. The fourth-order valence-electron chi connectivity index (χ4n) is 4.65. The normalized spacial score (nSPS) is 14.7. The van der Waals surface area contributed by atoms with Crippen LogP contribution in [-0.4, -0.2) is 50.9 Å². The van der Waals surface area contributed by atoms with Crippen LogP contribution in [0.2, 0.25) is 0 Å². The Kier molecular flexibility index (Phi) is 7.62. The number of benzene rings is 3. The van der Waals surface area contributed by atoms with Gasteiger partial charge in [0.25, 0.3) is 0 Å². The minimum atomic E-state index is -0.277. The Balaban J connectivity index is 1.24. The van der Waals surface area contributed by atoms with Crippen LogP contribution in [0.1, 0.15) is 28.6 Å². The summed E-state index contributed by atoms with van der Waals surface area (Å²) in [4.78, 5) is 17.7. The van der Waals surface area contributed by atoms with E-state index in [4.69, 9.17) is 5.73 Å². The third-order valence-electron chi connectivity index (χ3n) is 6.50. The number of hydrogen-bond acceptors (Lipinski definition) is 7. The van der Waals surface area contributed by atoms with Crippen molar-refractivity contribution in [1.82, 2.24) is 24.8 Å². The van der Waals surface area contributed by atoms with Crippen LogP contribution >= 0.6 is 0 Å². The van der Waals surface area contributed by atoms with Gasteiger partial charge >= 0.3 is 0 Å². The van der Waals surface area contributed by atoms with Gasteiger partial charge in [-0.3, -0.25) is 9.80 Å². The zero-order valence-corrected chi connectivity index (χ0v) is 20.4. The Labute approximate surface area is 215 Å². The van der Waals surface area contributed by atoms with E-state index in [0.717, 1.165) is 42.9 Å². The number of nitrogens with two attached hydrogens (primary N) is 1. The number of anilines is 2. The largest absolute Gasteiger partial charge is 0.368 e. The highest BCUT2D eigenvalue weighted by Crippen LogP contribution is 2.30. The van der Waals surface area contributed by atoms with Crippen molar-refractivity contribution in [2.75, 3.05) is 37.2 Å². The number of aromatic nitrogens is 3. The van der Waals surface area contributed by atoms with Gasteiger partial charge in [-0.25, -0.2) is 8.78 Å². The molecular weight excluding hydrogens is 472 g/mol. The lowest BCUT2D eigenvalue weighted by atomic mass is 9.96. The van der Waals surface area contributed by atoms with E-state index in [9.17, 15) is 8.78 Å². The maximum atomic E-state index is 13.6. The first-order chi connectivity index (χ1) is 18.0. The summed E-state index contributed by atoms with van der Waals surface area (Å²) in [5, 5.41) is 3.22. The highest BCUT2D eigenvalue weighted by Gasteiger charge is 2.27. The SMILES string of the molecule is Nc1nc(CN2CCN(C(c3ccc(F)cc3)c3ccc(F)cc3)CC2)nc(NCc2ccccc2)n1. The van der Waals surface area contributed by atoms with Crippen molar-refractivity contribution in [3.8, 4) is 0 Å². The van der Waals surface area contributed by atoms with Crippen molar-refractivity contribution in [2.45, 2.75) is 19.1 Å². The van der Waals surface area contributed by atoms with Gasteiger partial charge in [-0.2, -0.15) is 15.0 Å². The van der Waals surface area contributed by atoms with E-state index in [2.05, 4.69) is 30.1 Å². The zero-order valence-electron chi connectivity index (χ0n) is 20.4. The van der Waals surface area contributed by atoms with E-state index in [1.54, 1.807) is 24.3 Å². The summed E-state index contributed by atoms with van der Waals surface area (Å²) < 4.78 is 27.2. The average Bonchev–Trinajstić information content (AvgIpc) is 2.91. The molecule has 1 aliphatic heterocycles. The Bertz CT molecular complexity index is 1250. The predicted molar refractivity (Wildman–Crippen MR) is 140 cm³/mol. The Morgan fingerprint density at radius 2 is 1.35 bits per heavy atom. The molecule has 0 saturated carbocycles. The molecule has 0 bridgehead atoms. The molecule has 1 aliphatic rings. The summed E-state index contributed by atoms with van der Waals surface area (Å²) in [7, 11) is 0. The van der Waals surface area contributed by atoms with E-state index >= 15 is 0 Å². The molecule has 37 heavy (non-hydrogen) atoms. The van der Waals surface area contributed by atoms with Gasteiger partial charge in [0.15, 0.2) is 0 Å². The summed E-state index contributed by atoms with van der Waals surface area (Å²) in [6.45, 7) is 4.28. The molecule has 0 amide bonds. The van der Waals surface area contributed by atoms with E-state index in [-0.39, 0.29) is 23.6 Å². The van der Waals surface area contributed by atoms with Crippen molar-refractivity contribution in [2.24, 2.45) is 0 Å². The summed E-state index contributed by atoms with van der Waals surface area (Å²) >= 11 is 0.